The molecule has 1 aliphatic heterocycles. The highest BCUT2D eigenvalue weighted by Crippen LogP contribution is 2.40. The third-order valence-corrected chi connectivity index (χ3v) is 6.49. The van der Waals surface area contributed by atoms with E-state index in [1.807, 2.05) is 53.4 Å². The molecule has 1 aliphatic carbocycles. The molecule has 0 bridgehead atoms. The van der Waals surface area contributed by atoms with Crippen LogP contribution < -0.4 is 0 Å². The molecule has 2 heterocycles. The lowest BCUT2D eigenvalue weighted by atomic mass is 9.85. The van der Waals surface area contributed by atoms with E-state index in [0.29, 0.717) is 21.3 Å². The zero-order valence-corrected chi connectivity index (χ0v) is 17.5. The summed E-state index contributed by atoms with van der Waals surface area (Å²) in [5, 5.41) is 0.766. The Morgan fingerprint density at radius 1 is 1.19 bits per heavy atom. The van der Waals surface area contributed by atoms with E-state index in [4.69, 9.17) is 9.41 Å². The van der Waals surface area contributed by atoms with Gasteiger partial charge in [-0.2, -0.15) is 0 Å². The molecule has 1 aromatic carbocycles. The van der Waals surface area contributed by atoms with Crippen LogP contribution in [-0.4, -0.2) is 22.0 Å². The second-order valence-corrected chi connectivity index (χ2v) is 8.78. The van der Waals surface area contributed by atoms with Crippen LogP contribution in [0.15, 0.2) is 61.4 Å². The number of para-hydroxylation sites is 1. The number of halogens is 1. The van der Waals surface area contributed by atoms with Crippen molar-refractivity contribution in [3.8, 4) is 0 Å². The second-order valence-electron chi connectivity index (χ2n) is 6.99. The average molecular weight is 445 g/mol. The summed E-state index contributed by atoms with van der Waals surface area (Å²) in [6.45, 7) is 2.24. The molecular weight excluding hydrogens is 424 g/mol. The fourth-order valence-corrected chi connectivity index (χ4v) is 5.03. The number of furan rings is 1. The van der Waals surface area contributed by atoms with E-state index in [1.54, 1.807) is 0 Å². The predicted octanol–water partition coefficient (Wildman–Crippen LogP) is 6.22. The Labute approximate surface area is 171 Å². The summed E-state index contributed by atoms with van der Waals surface area (Å²) >= 11 is 4.75. The van der Waals surface area contributed by atoms with E-state index in [0.717, 1.165) is 30.1 Å². The number of carbonyl (C=O) groups excluding carboxylic acids is 1. The smallest absolute Gasteiger partial charge is 0.267 e. The Balaban J connectivity index is 1.71. The third-order valence-electron chi connectivity index (χ3n) is 5.08. The molecule has 2 aliphatic rings. The quantitative estimate of drug-likeness (QED) is 0.527. The van der Waals surface area contributed by atoms with E-state index < -0.39 is 0 Å². The monoisotopic (exact) mass is 444 g/mol. The summed E-state index contributed by atoms with van der Waals surface area (Å²) in [6.07, 6.45) is 6.39. The summed E-state index contributed by atoms with van der Waals surface area (Å²) in [5.41, 5.74) is 0.864. The van der Waals surface area contributed by atoms with Crippen LogP contribution in [0, 0.1) is 5.92 Å². The third kappa shape index (κ3) is 4.06. The fourth-order valence-electron chi connectivity index (χ4n) is 3.69. The zero-order valence-electron chi connectivity index (χ0n) is 15.1. The fraction of sp³-hybridized carbons (Fsp3) is 0.333. The van der Waals surface area contributed by atoms with Gasteiger partial charge in [0.15, 0.2) is 9.84 Å². The molecular formula is C21H21BrN2O2S. The lowest BCUT2D eigenvalue weighted by molar-refractivity contribution is -0.124. The summed E-state index contributed by atoms with van der Waals surface area (Å²) in [4.78, 5) is 20.6. The Hall–Kier alpha value is -1.79. The minimum atomic E-state index is 0.0287. The van der Waals surface area contributed by atoms with Gasteiger partial charge in [0, 0.05) is 12.1 Å². The van der Waals surface area contributed by atoms with E-state index in [2.05, 4.69) is 22.9 Å². The Bertz CT molecular complexity index is 891. The Morgan fingerprint density at radius 3 is 2.67 bits per heavy atom. The lowest BCUT2D eigenvalue weighted by Gasteiger charge is -2.35. The first kappa shape index (κ1) is 18.6. The molecule has 1 saturated carbocycles. The highest BCUT2D eigenvalue weighted by molar-refractivity contribution is 9.10. The maximum Gasteiger partial charge on any atom is 0.267 e. The van der Waals surface area contributed by atoms with E-state index in [-0.39, 0.29) is 11.9 Å². The zero-order chi connectivity index (χ0) is 18.8. The molecule has 0 radical (unpaired) electrons. The number of amides is 1. The molecule has 27 heavy (non-hydrogen) atoms. The van der Waals surface area contributed by atoms with Gasteiger partial charge in [0.1, 0.15) is 5.76 Å². The number of benzene rings is 1. The molecule has 2 atom stereocenters. The molecule has 0 N–H and O–H groups in total. The first-order chi connectivity index (χ1) is 13.1. The summed E-state index contributed by atoms with van der Waals surface area (Å²) in [6, 6.07) is 13.7. The van der Waals surface area contributed by atoms with Crippen LogP contribution in [0.4, 0.5) is 5.69 Å². The Morgan fingerprint density at radius 2 is 1.96 bits per heavy atom. The molecule has 1 saturated heterocycles. The van der Waals surface area contributed by atoms with Crippen molar-refractivity contribution in [2.75, 3.05) is 0 Å². The van der Waals surface area contributed by atoms with Crippen LogP contribution in [0.5, 0.6) is 0 Å². The van der Waals surface area contributed by atoms with Crippen LogP contribution in [0.25, 0.3) is 6.08 Å². The van der Waals surface area contributed by atoms with Crippen molar-refractivity contribution in [2.24, 2.45) is 10.9 Å². The maximum atomic E-state index is 13.3. The maximum absolute atomic E-state index is 13.3. The normalized spacial score (nSPS) is 26.3. The predicted molar refractivity (Wildman–Crippen MR) is 114 cm³/mol. The number of thioether (sulfide) groups is 1. The number of hydrogen-bond donors (Lipinski definition) is 0. The van der Waals surface area contributed by atoms with E-state index in [1.165, 1.54) is 18.2 Å². The van der Waals surface area contributed by atoms with E-state index >= 15 is 0 Å². The standard InChI is InChI=1S/C21H21BrN2O2S/c1-14-7-5-6-10-17(14)24-20(25)18(13-16-11-12-19(22)26-16)27-21(24)23-15-8-3-2-4-9-15/h2-4,8-9,11-14,17H,5-7,10H2,1H3/b18-13-,23-21?/t14-,17-/m1/s1. The van der Waals surface area contributed by atoms with Gasteiger partial charge in [0.2, 0.25) is 0 Å². The van der Waals surface area contributed by atoms with Gasteiger partial charge in [-0.3, -0.25) is 9.69 Å². The summed E-state index contributed by atoms with van der Waals surface area (Å²) < 4.78 is 6.22. The average Bonchev–Trinajstić information content (AvgIpc) is 3.20. The van der Waals surface area contributed by atoms with Crippen molar-refractivity contribution in [2.45, 2.75) is 38.6 Å². The van der Waals surface area contributed by atoms with Gasteiger partial charge in [-0.05, 0) is 70.7 Å². The summed E-state index contributed by atoms with van der Waals surface area (Å²) in [5.74, 6) is 1.16. The molecule has 6 heteroatoms. The number of hydrogen-bond acceptors (Lipinski definition) is 4. The molecule has 140 valence electrons. The van der Waals surface area contributed by atoms with Crippen molar-refractivity contribution in [1.82, 2.24) is 4.90 Å². The lowest BCUT2D eigenvalue weighted by Crippen LogP contribution is -2.44. The number of aliphatic imine (C=N–C) groups is 1. The van der Waals surface area contributed by atoms with Crippen molar-refractivity contribution >= 4 is 50.5 Å². The first-order valence-corrected chi connectivity index (χ1v) is 10.8. The van der Waals surface area contributed by atoms with Crippen LogP contribution in [0.1, 0.15) is 38.4 Å². The number of carbonyl (C=O) groups is 1. The van der Waals surface area contributed by atoms with Crippen molar-refractivity contribution < 1.29 is 9.21 Å². The van der Waals surface area contributed by atoms with Crippen LogP contribution in [0.2, 0.25) is 0 Å². The van der Waals surface area contributed by atoms with Gasteiger partial charge in [-0.1, -0.05) is 38.0 Å². The molecule has 2 aromatic rings. The van der Waals surface area contributed by atoms with Gasteiger partial charge < -0.3 is 4.42 Å². The van der Waals surface area contributed by atoms with Crippen LogP contribution >= 0.6 is 27.7 Å². The van der Waals surface area contributed by atoms with Gasteiger partial charge in [0.25, 0.3) is 5.91 Å². The molecule has 0 unspecified atom stereocenters. The molecule has 0 spiro atoms. The molecule has 2 fully saturated rings. The largest absolute Gasteiger partial charge is 0.450 e. The van der Waals surface area contributed by atoms with Gasteiger partial charge >= 0.3 is 0 Å². The van der Waals surface area contributed by atoms with Crippen LogP contribution in [-0.2, 0) is 4.79 Å². The minimum Gasteiger partial charge on any atom is -0.450 e. The van der Waals surface area contributed by atoms with Crippen molar-refractivity contribution in [3.63, 3.8) is 0 Å². The molecule has 4 rings (SSSR count). The van der Waals surface area contributed by atoms with Gasteiger partial charge in [-0.25, -0.2) is 4.99 Å². The number of nitrogens with zero attached hydrogens (tertiary/aromatic N) is 2. The topological polar surface area (TPSA) is 45.8 Å². The SMILES string of the molecule is C[C@@H]1CCCC[C@H]1N1C(=O)/C(=C/c2ccc(Br)o2)SC1=Nc1ccccc1. The van der Waals surface area contributed by atoms with Gasteiger partial charge in [-0.15, -0.1) is 0 Å². The second kappa shape index (κ2) is 8.07. The molecule has 1 amide bonds. The molecule has 4 nitrogen and oxygen atoms in total. The molecule has 1 aromatic heterocycles. The number of rotatable bonds is 3. The van der Waals surface area contributed by atoms with Crippen LogP contribution in [0.3, 0.4) is 0 Å². The van der Waals surface area contributed by atoms with Crippen molar-refractivity contribution in [3.05, 3.63) is 57.8 Å². The van der Waals surface area contributed by atoms with Crippen molar-refractivity contribution in [1.29, 1.82) is 0 Å². The highest BCUT2D eigenvalue weighted by Gasteiger charge is 2.41. The van der Waals surface area contributed by atoms with Gasteiger partial charge in [0.05, 0.1) is 10.6 Å². The Kier molecular flexibility index (Phi) is 5.55. The summed E-state index contributed by atoms with van der Waals surface area (Å²) in [7, 11) is 0. The first-order valence-electron chi connectivity index (χ1n) is 9.24. The van der Waals surface area contributed by atoms with E-state index in [9.17, 15) is 4.79 Å². The highest BCUT2D eigenvalue weighted by atomic mass is 79.9. The number of amidine groups is 1. The minimum absolute atomic E-state index is 0.0287.